The van der Waals surface area contributed by atoms with Gasteiger partial charge < -0.3 is 9.73 Å². The number of halogens is 1. The standard InChI is InChI=1S/C13H15IN2O/c1-9(2)15-8-13-16-7-12(17-13)10-4-3-5-11(14)6-10/h3-7,9,15H,8H2,1-2H3. The van der Waals surface area contributed by atoms with E-state index in [4.69, 9.17) is 4.42 Å². The summed E-state index contributed by atoms with van der Waals surface area (Å²) in [7, 11) is 0. The highest BCUT2D eigenvalue weighted by atomic mass is 127. The van der Waals surface area contributed by atoms with Crippen LogP contribution in [0.15, 0.2) is 34.9 Å². The topological polar surface area (TPSA) is 38.1 Å². The minimum atomic E-state index is 0.433. The van der Waals surface area contributed by atoms with E-state index in [9.17, 15) is 0 Å². The van der Waals surface area contributed by atoms with E-state index < -0.39 is 0 Å². The highest BCUT2D eigenvalue weighted by Gasteiger charge is 2.06. The SMILES string of the molecule is CC(C)NCc1ncc(-c2cccc(I)c2)o1. The third kappa shape index (κ3) is 3.54. The molecule has 17 heavy (non-hydrogen) atoms. The molecule has 2 aromatic rings. The van der Waals surface area contributed by atoms with Gasteiger partial charge in [0, 0.05) is 15.2 Å². The third-order valence-corrected chi connectivity index (χ3v) is 3.00. The van der Waals surface area contributed by atoms with Gasteiger partial charge in [-0.15, -0.1) is 0 Å². The Morgan fingerprint density at radius 1 is 1.41 bits per heavy atom. The second-order valence-corrected chi connectivity index (χ2v) is 5.41. The summed E-state index contributed by atoms with van der Waals surface area (Å²) in [5.41, 5.74) is 1.07. The van der Waals surface area contributed by atoms with Crippen LogP contribution >= 0.6 is 22.6 Å². The highest BCUT2D eigenvalue weighted by Crippen LogP contribution is 2.22. The van der Waals surface area contributed by atoms with Crippen LogP contribution in [0, 0.1) is 3.57 Å². The molecule has 1 aromatic carbocycles. The third-order valence-electron chi connectivity index (χ3n) is 2.32. The normalized spacial score (nSPS) is 11.1. The Balaban J connectivity index is 2.12. The fraction of sp³-hybridized carbons (Fsp3) is 0.308. The van der Waals surface area contributed by atoms with Crippen LogP contribution < -0.4 is 5.32 Å². The highest BCUT2D eigenvalue weighted by molar-refractivity contribution is 14.1. The van der Waals surface area contributed by atoms with Gasteiger partial charge in [-0.3, -0.25) is 0 Å². The lowest BCUT2D eigenvalue weighted by molar-refractivity contribution is 0.459. The molecule has 0 amide bonds. The van der Waals surface area contributed by atoms with Crippen LogP contribution in [0.2, 0.25) is 0 Å². The summed E-state index contributed by atoms with van der Waals surface area (Å²) >= 11 is 2.29. The number of rotatable bonds is 4. The lowest BCUT2D eigenvalue weighted by atomic mass is 10.2. The van der Waals surface area contributed by atoms with Crippen molar-refractivity contribution in [2.24, 2.45) is 0 Å². The zero-order valence-corrected chi connectivity index (χ0v) is 12.1. The monoisotopic (exact) mass is 342 g/mol. The smallest absolute Gasteiger partial charge is 0.208 e. The first-order chi connectivity index (χ1) is 8.15. The van der Waals surface area contributed by atoms with Crippen molar-refractivity contribution < 1.29 is 4.42 Å². The maximum absolute atomic E-state index is 5.70. The number of aromatic nitrogens is 1. The van der Waals surface area contributed by atoms with Crippen molar-refractivity contribution in [3.8, 4) is 11.3 Å². The summed E-state index contributed by atoms with van der Waals surface area (Å²) in [5.74, 6) is 1.55. The molecule has 0 aliphatic heterocycles. The van der Waals surface area contributed by atoms with Crippen molar-refractivity contribution in [1.82, 2.24) is 10.3 Å². The molecule has 0 radical (unpaired) electrons. The fourth-order valence-corrected chi connectivity index (χ4v) is 2.00. The molecule has 0 bridgehead atoms. The zero-order valence-electron chi connectivity index (χ0n) is 9.90. The molecule has 2 rings (SSSR count). The van der Waals surface area contributed by atoms with Crippen molar-refractivity contribution in [3.05, 3.63) is 39.9 Å². The summed E-state index contributed by atoms with van der Waals surface area (Å²) in [6.45, 7) is 4.87. The molecular formula is C13H15IN2O. The van der Waals surface area contributed by atoms with Gasteiger partial charge >= 0.3 is 0 Å². The van der Waals surface area contributed by atoms with E-state index in [1.165, 1.54) is 3.57 Å². The largest absolute Gasteiger partial charge is 0.439 e. The summed E-state index contributed by atoms with van der Waals surface area (Å²) in [6.07, 6.45) is 1.78. The Labute approximate surface area is 115 Å². The van der Waals surface area contributed by atoms with Gasteiger partial charge in [-0.25, -0.2) is 4.98 Å². The molecule has 3 nitrogen and oxygen atoms in total. The van der Waals surface area contributed by atoms with Crippen LogP contribution in [-0.4, -0.2) is 11.0 Å². The second-order valence-electron chi connectivity index (χ2n) is 4.16. The second kappa shape index (κ2) is 5.64. The maximum atomic E-state index is 5.70. The number of nitrogens with one attached hydrogen (secondary N) is 1. The van der Waals surface area contributed by atoms with Crippen LogP contribution in [0.25, 0.3) is 11.3 Å². The van der Waals surface area contributed by atoms with Crippen molar-refractivity contribution >= 4 is 22.6 Å². The first-order valence-electron chi connectivity index (χ1n) is 5.59. The van der Waals surface area contributed by atoms with Gasteiger partial charge in [-0.05, 0) is 34.7 Å². The Kier molecular flexibility index (Phi) is 4.17. The van der Waals surface area contributed by atoms with Gasteiger partial charge in [0.25, 0.3) is 0 Å². The minimum absolute atomic E-state index is 0.433. The molecule has 0 atom stereocenters. The van der Waals surface area contributed by atoms with E-state index >= 15 is 0 Å². The molecule has 0 fully saturated rings. The van der Waals surface area contributed by atoms with E-state index in [0.29, 0.717) is 12.6 Å². The number of benzene rings is 1. The first kappa shape index (κ1) is 12.6. The molecule has 90 valence electrons. The van der Waals surface area contributed by atoms with Gasteiger partial charge in [0.15, 0.2) is 5.76 Å². The fourth-order valence-electron chi connectivity index (χ4n) is 1.46. The summed E-state index contributed by atoms with van der Waals surface area (Å²) < 4.78 is 6.89. The molecule has 0 aliphatic carbocycles. The number of hydrogen-bond acceptors (Lipinski definition) is 3. The van der Waals surface area contributed by atoms with Crippen LogP contribution in [0.3, 0.4) is 0 Å². The Bertz CT molecular complexity index is 494. The summed E-state index contributed by atoms with van der Waals surface area (Å²) in [5, 5.41) is 3.28. The number of oxazole rings is 1. The lowest BCUT2D eigenvalue weighted by Gasteiger charge is -2.04. The minimum Gasteiger partial charge on any atom is -0.439 e. The van der Waals surface area contributed by atoms with Gasteiger partial charge in [-0.1, -0.05) is 26.0 Å². The lowest BCUT2D eigenvalue weighted by Crippen LogP contribution is -2.21. The maximum Gasteiger partial charge on any atom is 0.208 e. The Morgan fingerprint density at radius 2 is 2.24 bits per heavy atom. The van der Waals surface area contributed by atoms with Gasteiger partial charge in [0.2, 0.25) is 5.89 Å². The average Bonchev–Trinajstić information content (AvgIpc) is 2.75. The van der Waals surface area contributed by atoms with Crippen molar-refractivity contribution in [1.29, 1.82) is 0 Å². The molecule has 0 unspecified atom stereocenters. The van der Waals surface area contributed by atoms with E-state index in [1.54, 1.807) is 6.20 Å². The van der Waals surface area contributed by atoms with Crippen molar-refractivity contribution in [3.63, 3.8) is 0 Å². The molecule has 1 aromatic heterocycles. The molecule has 0 saturated heterocycles. The van der Waals surface area contributed by atoms with Gasteiger partial charge in [0.05, 0.1) is 12.7 Å². The number of hydrogen-bond donors (Lipinski definition) is 1. The van der Waals surface area contributed by atoms with Crippen LogP contribution in [0.5, 0.6) is 0 Å². The van der Waals surface area contributed by atoms with Crippen molar-refractivity contribution in [2.75, 3.05) is 0 Å². The van der Waals surface area contributed by atoms with Crippen molar-refractivity contribution in [2.45, 2.75) is 26.4 Å². The van der Waals surface area contributed by atoms with E-state index in [1.807, 2.05) is 12.1 Å². The van der Waals surface area contributed by atoms with Gasteiger partial charge in [-0.2, -0.15) is 0 Å². The first-order valence-corrected chi connectivity index (χ1v) is 6.67. The van der Waals surface area contributed by atoms with Crippen LogP contribution in [0.1, 0.15) is 19.7 Å². The van der Waals surface area contributed by atoms with Gasteiger partial charge in [0.1, 0.15) is 0 Å². The Morgan fingerprint density at radius 3 is 2.94 bits per heavy atom. The summed E-state index contributed by atoms with van der Waals surface area (Å²) in [6, 6.07) is 8.62. The predicted octanol–water partition coefficient (Wildman–Crippen LogP) is 3.44. The molecule has 0 aliphatic rings. The van der Waals surface area contributed by atoms with E-state index in [0.717, 1.165) is 17.2 Å². The molecule has 1 heterocycles. The predicted molar refractivity (Wildman–Crippen MR) is 76.6 cm³/mol. The number of nitrogens with zero attached hydrogens (tertiary/aromatic N) is 1. The molecule has 0 saturated carbocycles. The van der Waals surface area contributed by atoms with E-state index in [2.05, 4.69) is 58.9 Å². The zero-order chi connectivity index (χ0) is 12.3. The van der Waals surface area contributed by atoms with E-state index in [-0.39, 0.29) is 0 Å². The average molecular weight is 342 g/mol. The molecule has 1 N–H and O–H groups in total. The van der Waals surface area contributed by atoms with Crippen LogP contribution in [-0.2, 0) is 6.54 Å². The quantitative estimate of drug-likeness (QED) is 0.865. The summed E-state index contributed by atoms with van der Waals surface area (Å²) in [4.78, 5) is 4.26. The molecule has 4 heteroatoms. The molecule has 0 spiro atoms. The Hall–Kier alpha value is -0.880. The van der Waals surface area contributed by atoms with Crippen LogP contribution in [0.4, 0.5) is 0 Å². The molecular weight excluding hydrogens is 327 g/mol.